The number of aliphatic hydroxyl groups excluding tert-OH is 2. The molecule has 0 atom stereocenters. The van der Waals surface area contributed by atoms with Crippen LogP contribution in [0.1, 0.15) is 20.8 Å². The molecule has 0 amide bonds. The van der Waals surface area contributed by atoms with Crippen LogP contribution in [0, 0.1) is 0 Å². The van der Waals surface area contributed by atoms with Gasteiger partial charge >= 0.3 is 21.7 Å². The average molecular weight is 289 g/mol. The van der Waals surface area contributed by atoms with E-state index in [2.05, 4.69) is 0 Å². The molecule has 0 aromatic heterocycles. The van der Waals surface area contributed by atoms with Crippen molar-refractivity contribution in [1.29, 1.82) is 0 Å². The summed E-state index contributed by atoms with van der Waals surface area (Å²) in [5.41, 5.74) is 0. The third-order valence-corrected chi connectivity index (χ3v) is 0. The van der Waals surface area contributed by atoms with Gasteiger partial charge in [-0.05, 0) is 20.8 Å². The van der Waals surface area contributed by atoms with Crippen LogP contribution in [0.25, 0.3) is 0 Å². The molecule has 0 fully saturated rings. The van der Waals surface area contributed by atoms with Crippen LogP contribution in [0.4, 0.5) is 0 Å². The van der Waals surface area contributed by atoms with E-state index in [1.54, 1.807) is 0 Å². The second-order valence-electron chi connectivity index (χ2n) is 1.47. The van der Waals surface area contributed by atoms with Gasteiger partial charge in [-0.15, -0.1) is 0 Å². The normalized spacial score (nSPS) is 5.12. The van der Waals surface area contributed by atoms with Crippen molar-refractivity contribution >= 4 is 17.9 Å². The summed E-state index contributed by atoms with van der Waals surface area (Å²) < 4.78 is 0. The zero-order valence-corrected chi connectivity index (χ0v) is 11.9. The van der Waals surface area contributed by atoms with Crippen LogP contribution in [-0.2, 0) is 36.1 Å². The van der Waals surface area contributed by atoms with Gasteiger partial charge in [0.05, 0.1) is 0 Å². The quantitative estimate of drug-likeness (QED) is 0.421. The molecular weight excluding hydrogens is 272 g/mol. The summed E-state index contributed by atoms with van der Waals surface area (Å²) in [7, 11) is 2.00. The molecule has 0 aromatic carbocycles. The van der Waals surface area contributed by atoms with Crippen molar-refractivity contribution < 1.29 is 61.6 Å². The molecule has 0 rings (SSSR count). The number of aliphatic hydroxyl groups is 2. The first-order chi connectivity index (χ1) is 7.20. The molecule has 0 spiro atoms. The first-order valence-electron chi connectivity index (χ1n) is 3.62. The summed E-state index contributed by atoms with van der Waals surface area (Å²) >= 11 is 0. The Hall–Kier alpha value is -0.956. The summed E-state index contributed by atoms with van der Waals surface area (Å²) in [5.74, 6) is -3.25. The van der Waals surface area contributed by atoms with Crippen LogP contribution in [0.3, 0.4) is 0 Å². The molecule has 8 nitrogen and oxygen atoms in total. The molecule has 101 valence electrons. The van der Waals surface area contributed by atoms with Crippen LogP contribution in [-0.4, -0.2) is 42.3 Å². The number of rotatable bonds is 0. The minimum atomic E-state index is -1.08. The minimum absolute atomic E-state index is 0. The standard InChI is InChI=1S/3C2H4O2.2CH4O.Ti/c3*1-2(3)4;2*1-2;/h3*1H3,(H,3,4);2*2H,1H3;/q;;;;;+3/p-3. The van der Waals surface area contributed by atoms with Crippen molar-refractivity contribution in [2.75, 3.05) is 14.2 Å². The SMILES string of the molecule is CC(=O)[O-].CC(=O)[O-].CC(=O)[O-].CO.CO.[Ti+3]. The molecule has 0 heterocycles. The van der Waals surface area contributed by atoms with E-state index in [0.29, 0.717) is 0 Å². The van der Waals surface area contributed by atoms with Gasteiger partial charge in [0, 0.05) is 32.1 Å². The van der Waals surface area contributed by atoms with Gasteiger partial charge in [-0.3, -0.25) is 0 Å². The molecule has 2 N–H and O–H groups in total. The second kappa shape index (κ2) is 45.9. The third kappa shape index (κ3) is 2800. The van der Waals surface area contributed by atoms with Gasteiger partial charge in [-0.1, -0.05) is 0 Å². The summed E-state index contributed by atoms with van der Waals surface area (Å²) in [6, 6.07) is 0. The molecule has 0 saturated carbocycles. The number of carboxylic acid groups (broad SMARTS) is 3. The molecule has 0 saturated heterocycles. The molecule has 0 aliphatic rings. The van der Waals surface area contributed by atoms with E-state index < -0.39 is 17.9 Å². The second-order valence-corrected chi connectivity index (χ2v) is 1.47. The summed E-state index contributed by atoms with van der Waals surface area (Å²) in [6.45, 7) is 2.92. The Kier molecular flexibility index (Phi) is 97.1. The number of hydrogen-bond acceptors (Lipinski definition) is 8. The smallest absolute Gasteiger partial charge is 0.550 e. The average Bonchev–Trinajstić information content (AvgIpc) is 2.07. The maximum absolute atomic E-state index is 8.89. The Morgan fingerprint density at radius 3 is 0.647 bits per heavy atom. The number of carbonyl (C=O) groups is 3. The van der Waals surface area contributed by atoms with E-state index in [0.717, 1.165) is 35.0 Å². The number of carbonyl (C=O) groups excluding carboxylic acids is 3. The van der Waals surface area contributed by atoms with E-state index in [1.807, 2.05) is 0 Å². The zero-order chi connectivity index (χ0) is 14.7. The summed E-state index contributed by atoms with van der Waals surface area (Å²) in [5, 5.41) is 40.7. The molecule has 0 unspecified atom stereocenters. The molecule has 0 aliphatic carbocycles. The van der Waals surface area contributed by atoms with E-state index in [-0.39, 0.29) is 21.7 Å². The van der Waals surface area contributed by atoms with Crippen molar-refractivity contribution in [2.24, 2.45) is 0 Å². The Bertz CT molecular complexity index is 119. The fourth-order valence-corrected chi connectivity index (χ4v) is 0. The zero-order valence-electron chi connectivity index (χ0n) is 10.3. The fourth-order valence-electron chi connectivity index (χ4n) is 0. The molecule has 0 aromatic rings. The molecule has 9 heteroatoms. The van der Waals surface area contributed by atoms with Crippen LogP contribution in [0.15, 0.2) is 0 Å². The predicted octanol–water partition coefficient (Wildman–Crippen LogP) is -4.52. The maximum Gasteiger partial charge on any atom is 3.00 e. The fraction of sp³-hybridized carbons (Fsp3) is 0.625. The van der Waals surface area contributed by atoms with Gasteiger partial charge in [-0.25, -0.2) is 0 Å². The van der Waals surface area contributed by atoms with Crippen molar-refractivity contribution in [3.63, 3.8) is 0 Å². The van der Waals surface area contributed by atoms with Crippen molar-refractivity contribution in [3.05, 3.63) is 0 Å². The van der Waals surface area contributed by atoms with E-state index in [9.17, 15) is 0 Å². The maximum atomic E-state index is 8.89. The van der Waals surface area contributed by atoms with Crippen LogP contribution < -0.4 is 15.3 Å². The van der Waals surface area contributed by atoms with E-state index >= 15 is 0 Å². The number of carboxylic acids is 3. The Morgan fingerprint density at radius 1 is 0.647 bits per heavy atom. The predicted molar refractivity (Wildman–Crippen MR) is 48.3 cm³/mol. The van der Waals surface area contributed by atoms with Crippen LogP contribution >= 0.6 is 0 Å². The Balaban J connectivity index is -0.0000000227. The summed E-state index contributed by atoms with van der Waals surface area (Å²) in [4.78, 5) is 26.7. The summed E-state index contributed by atoms with van der Waals surface area (Å²) in [6.07, 6.45) is 0. The monoisotopic (exact) mass is 289 g/mol. The molecular formula is C8H17O8Ti. The van der Waals surface area contributed by atoms with Gasteiger partial charge in [-0.2, -0.15) is 0 Å². The Labute approximate surface area is 115 Å². The van der Waals surface area contributed by atoms with Crippen LogP contribution in [0.2, 0.25) is 0 Å². The topological polar surface area (TPSA) is 161 Å². The van der Waals surface area contributed by atoms with Crippen molar-refractivity contribution in [1.82, 2.24) is 0 Å². The first-order valence-corrected chi connectivity index (χ1v) is 3.62. The minimum Gasteiger partial charge on any atom is -0.550 e. The van der Waals surface area contributed by atoms with Crippen LogP contribution in [0.5, 0.6) is 0 Å². The van der Waals surface area contributed by atoms with E-state index in [1.165, 1.54) is 0 Å². The van der Waals surface area contributed by atoms with Gasteiger partial charge in [0.15, 0.2) is 0 Å². The third-order valence-electron chi connectivity index (χ3n) is 0. The molecule has 1 radical (unpaired) electrons. The molecule has 0 aliphatic heterocycles. The molecule has 17 heavy (non-hydrogen) atoms. The number of aliphatic carboxylic acids is 3. The van der Waals surface area contributed by atoms with Crippen molar-refractivity contribution in [3.8, 4) is 0 Å². The number of hydrogen-bond donors (Lipinski definition) is 2. The van der Waals surface area contributed by atoms with Gasteiger partial charge in [0.1, 0.15) is 0 Å². The van der Waals surface area contributed by atoms with E-state index in [4.69, 9.17) is 39.9 Å². The first kappa shape index (κ1) is 36.0. The van der Waals surface area contributed by atoms with Gasteiger partial charge in [0.2, 0.25) is 0 Å². The van der Waals surface area contributed by atoms with Crippen molar-refractivity contribution in [2.45, 2.75) is 20.8 Å². The van der Waals surface area contributed by atoms with Gasteiger partial charge in [0.25, 0.3) is 0 Å². The molecule has 0 bridgehead atoms. The van der Waals surface area contributed by atoms with Gasteiger partial charge < -0.3 is 39.9 Å². The Morgan fingerprint density at radius 2 is 0.647 bits per heavy atom. The largest absolute Gasteiger partial charge is 3.00 e.